The molecule has 0 aromatic heterocycles. The molecule has 3 unspecified atom stereocenters. The van der Waals surface area contributed by atoms with Crippen molar-refractivity contribution in [2.45, 2.75) is 49.9 Å². The fourth-order valence-corrected chi connectivity index (χ4v) is 6.40. The Morgan fingerprint density at radius 1 is 1.09 bits per heavy atom. The van der Waals surface area contributed by atoms with Crippen LogP contribution in [0.15, 0.2) is 65.7 Å². The molecule has 0 bridgehead atoms. The zero-order chi connectivity index (χ0) is 30.9. The summed E-state index contributed by atoms with van der Waals surface area (Å²) < 4.78 is 10.5. The monoisotopic (exact) mass is 628 g/mol. The molecule has 2 aromatic carbocycles. The number of carboxylic acids is 1. The van der Waals surface area contributed by atoms with Crippen molar-refractivity contribution in [3.63, 3.8) is 0 Å². The lowest BCUT2D eigenvalue weighted by Gasteiger charge is -2.51. The summed E-state index contributed by atoms with van der Waals surface area (Å²) in [6.45, 7) is 1.98. The van der Waals surface area contributed by atoms with Crippen LogP contribution in [-0.4, -0.2) is 69.4 Å². The second-order valence-corrected chi connectivity index (χ2v) is 11.7. The van der Waals surface area contributed by atoms with Gasteiger partial charge in [-0.2, -0.15) is 0 Å². The molecule has 2 aromatic rings. The lowest BCUT2D eigenvalue weighted by atomic mass is 9.99. The van der Waals surface area contributed by atoms with E-state index in [1.165, 1.54) is 12.5 Å². The van der Waals surface area contributed by atoms with Crippen LogP contribution >= 0.6 is 23.5 Å². The van der Waals surface area contributed by atoms with Crippen LogP contribution in [0.3, 0.4) is 0 Å². The Balaban J connectivity index is 1.46. The number of carbonyl (C=O) groups excluding carboxylic acids is 4. The first-order valence-electron chi connectivity index (χ1n) is 13.5. The maximum absolute atomic E-state index is 13.5. The van der Waals surface area contributed by atoms with E-state index in [2.05, 4.69) is 16.0 Å². The maximum atomic E-state index is 13.5. The molecule has 4 rings (SSSR count). The van der Waals surface area contributed by atoms with Crippen LogP contribution in [0.1, 0.15) is 36.9 Å². The van der Waals surface area contributed by atoms with Crippen LogP contribution in [0.4, 0.5) is 9.59 Å². The Bertz CT molecular complexity index is 1370. The zero-order valence-corrected chi connectivity index (χ0v) is 25.1. The molecule has 228 valence electrons. The number of hydrogen-bond donors (Lipinski definition) is 4. The van der Waals surface area contributed by atoms with Crippen LogP contribution in [0.25, 0.3) is 0 Å². The summed E-state index contributed by atoms with van der Waals surface area (Å²) in [6.07, 6.45) is 0.899. The number of nitrogens with zero attached hydrogens (tertiary/aromatic N) is 1. The van der Waals surface area contributed by atoms with E-state index in [0.717, 1.165) is 46.8 Å². The fraction of sp³-hybridized carbons (Fsp3) is 0.345. The highest BCUT2D eigenvalue weighted by Crippen LogP contribution is 2.39. The first-order valence-corrected chi connectivity index (χ1v) is 15.4. The summed E-state index contributed by atoms with van der Waals surface area (Å²) in [7, 11) is 1.50. The van der Waals surface area contributed by atoms with Crippen molar-refractivity contribution in [2.24, 2.45) is 0 Å². The van der Waals surface area contributed by atoms with Gasteiger partial charge in [0.1, 0.15) is 29.8 Å². The number of fused-ring (bicyclic) bond motifs is 1. The van der Waals surface area contributed by atoms with Gasteiger partial charge in [0.25, 0.3) is 5.24 Å². The molecule has 12 nitrogen and oxygen atoms in total. The first kappa shape index (κ1) is 31.8. The molecule has 43 heavy (non-hydrogen) atoms. The summed E-state index contributed by atoms with van der Waals surface area (Å²) in [4.78, 5) is 64.9. The molecular weight excluding hydrogens is 596 g/mol. The van der Waals surface area contributed by atoms with Gasteiger partial charge in [-0.15, -0.1) is 11.8 Å². The number of ether oxygens (including phenoxy) is 2. The van der Waals surface area contributed by atoms with Crippen LogP contribution in [0, 0.1) is 0 Å². The number of carboxylic acid groups (broad SMARTS) is 1. The number of methoxy groups -OCH3 is 1. The number of rotatable bonds is 12. The summed E-state index contributed by atoms with van der Waals surface area (Å²) >= 11 is 2.15. The largest absolute Gasteiger partial charge is 0.497 e. The predicted molar refractivity (Wildman–Crippen MR) is 161 cm³/mol. The number of unbranched alkanes of at least 4 members (excludes halogenated alkanes) is 1. The lowest BCUT2D eigenvalue weighted by molar-refractivity contribution is -0.160. The number of β-lactam (4-membered cyclic amide) rings is 1. The van der Waals surface area contributed by atoms with Crippen molar-refractivity contribution >= 4 is 52.6 Å². The molecule has 2 aliphatic rings. The Kier molecular flexibility index (Phi) is 11.0. The molecule has 4 atom stereocenters. The van der Waals surface area contributed by atoms with Crippen molar-refractivity contribution in [3.05, 3.63) is 76.8 Å². The van der Waals surface area contributed by atoms with E-state index < -0.39 is 52.6 Å². The van der Waals surface area contributed by atoms with Gasteiger partial charge in [-0.25, -0.2) is 9.59 Å². The molecule has 0 aliphatic carbocycles. The minimum absolute atomic E-state index is 0.0166. The number of thioether (sulfide) groups is 2. The normalized spacial score (nSPS) is 19.6. The third-order valence-corrected chi connectivity index (χ3v) is 8.71. The smallest absolute Gasteiger partial charge is 0.408 e. The van der Waals surface area contributed by atoms with Gasteiger partial charge in [0.2, 0.25) is 11.8 Å². The van der Waals surface area contributed by atoms with Gasteiger partial charge in [0.05, 0.1) is 12.8 Å². The number of alkyl carbamates (subject to hydrolysis) is 1. The Hall–Kier alpha value is -4.17. The second kappa shape index (κ2) is 14.8. The third kappa shape index (κ3) is 7.82. The van der Waals surface area contributed by atoms with Gasteiger partial charge in [-0.3, -0.25) is 14.4 Å². The quantitative estimate of drug-likeness (QED) is 0.202. The molecule has 0 saturated carbocycles. The number of amides is 4. The molecule has 0 spiro atoms. The molecule has 14 heteroatoms. The van der Waals surface area contributed by atoms with E-state index >= 15 is 0 Å². The minimum atomic E-state index is -1.41. The molecule has 2 heterocycles. The van der Waals surface area contributed by atoms with E-state index in [0.29, 0.717) is 17.1 Å². The van der Waals surface area contributed by atoms with E-state index in [9.17, 15) is 29.1 Å². The third-order valence-electron chi connectivity index (χ3n) is 6.68. The molecular formula is C29H32N4O8S2. The van der Waals surface area contributed by atoms with Crippen LogP contribution in [0.2, 0.25) is 0 Å². The van der Waals surface area contributed by atoms with Gasteiger partial charge in [0, 0.05) is 5.75 Å². The number of benzene rings is 2. The van der Waals surface area contributed by atoms with Crippen molar-refractivity contribution in [3.8, 4) is 5.75 Å². The van der Waals surface area contributed by atoms with Crippen molar-refractivity contribution < 1.29 is 38.6 Å². The zero-order valence-electron chi connectivity index (χ0n) is 23.5. The molecule has 1 fully saturated rings. The molecule has 4 amide bonds. The van der Waals surface area contributed by atoms with E-state index in [1.54, 1.807) is 48.5 Å². The van der Waals surface area contributed by atoms with Gasteiger partial charge < -0.3 is 35.4 Å². The van der Waals surface area contributed by atoms with Crippen molar-refractivity contribution in [1.29, 1.82) is 0 Å². The standard InChI is InChI=1S/C29H32N4O8S2/c1-3-4-14-42-29(39)30-20-16-43-26-22(25(35)33(26)23(20)27(36)37)31-24(34)21(18-10-12-19(40-2)13-11-18)32-28(38)41-15-17-8-6-5-7-9-17/h5-13,16,21-23,26H,3-4,14-15H2,1-2H3,(H,30,39)(H,31,34)(H,32,38)(H,36,37)/t21?,22?,23?,26-/m0/s1. The van der Waals surface area contributed by atoms with E-state index in [-0.39, 0.29) is 12.3 Å². The highest BCUT2D eigenvalue weighted by Gasteiger charge is 2.56. The number of hydrogen-bond acceptors (Lipinski definition) is 9. The Morgan fingerprint density at radius 2 is 1.81 bits per heavy atom. The highest BCUT2D eigenvalue weighted by molar-refractivity contribution is 8.13. The predicted octanol–water partition coefficient (Wildman–Crippen LogP) is 3.60. The summed E-state index contributed by atoms with van der Waals surface area (Å²) in [5, 5.41) is 18.1. The summed E-state index contributed by atoms with van der Waals surface area (Å²) in [5.41, 5.74) is 1.25. The second-order valence-electron chi connectivity index (χ2n) is 9.60. The summed E-state index contributed by atoms with van der Waals surface area (Å²) in [5.74, 6) is -1.51. The van der Waals surface area contributed by atoms with Crippen molar-refractivity contribution in [2.75, 3.05) is 12.9 Å². The van der Waals surface area contributed by atoms with Gasteiger partial charge in [-0.1, -0.05) is 67.6 Å². The van der Waals surface area contributed by atoms with Crippen LogP contribution in [0.5, 0.6) is 5.75 Å². The van der Waals surface area contributed by atoms with E-state index in [1.807, 2.05) is 13.0 Å². The number of aliphatic carboxylic acids is 1. The molecule has 2 aliphatic heterocycles. The first-order chi connectivity index (χ1) is 20.7. The van der Waals surface area contributed by atoms with Gasteiger partial charge in [0.15, 0.2) is 6.04 Å². The number of nitrogens with one attached hydrogen (secondary N) is 3. The average molecular weight is 629 g/mol. The minimum Gasteiger partial charge on any atom is -0.497 e. The summed E-state index contributed by atoms with van der Waals surface area (Å²) in [6, 6.07) is 11.8. The Labute approximate surface area is 256 Å². The lowest BCUT2D eigenvalue weighted by Crippen LogP contribution is -2.74. The average Bonchev–Trinajstić information content (AvgIpc) is 3.01. The topological polar surface area (TPSA) is 163 Å². The number of carbonyl (C=O) groups is 5. The highest BCUT2D eigenvalue weighted by atomic mass is 32.2. The molecule has 4 N–H and O–H groups in total. The molecule has 0 radical (unpaired) electrons. The van der Waals surface area contributed by atoms with Crippen LogP contribution < -0.4 is 20.7 Å². The fourth-order valence-electron chi connectivity index (χ4n) is 4.42. The Morgan fingerprint density at radius 3 is 2.47 bits per heavy atom. The SMILES string of the molecule is CCCCSC(=O)NC1=CS[C@H]2C(NC(=O)C(NC(=O)OCc3ccccc3)c3ccc(OC)cc3)C(=O)N2C1C(=O)O. The van der Waals surface area contributed by atoms with Crippen molar-refractivity contribution in [1.82, 2.24) is 20.9 Å². The maximum Gasteiger partial charge on any atom is 0.408 e. The van der Waals surface area contributed by atoms with E-state index in [4.69, 9.17) is 9.47 Å². The van der Waals surface area contributed by atoms with Crippen LogP contribution in [-0.2, 0) is 25.7 Å². The molecule has 1 saturated heterocycles. The van der Waals surface area contributed by atoms with Gasteiger partial charge in [-0.05, 0) is 35.1 Å². The van der Waals surface area contributed by atoms with Gasteiger partial charge >= 0.3 is 12.1 Å².